The van der Waals surface area contributed by atoms with Crippen molar-refractivity contribution in [1.82, 2.24) is 19.8 Å². The Morgan fingerprint density at radius 3 is 2.41 bits per heavy atom. The Kier molecular flexibility index (Phi) is 5.18. The van der Waals surface area contributed by atoms with E-state index in [2.05, 4.69) is 20.1 Å². The van der Waals surface area contributed by atoms with Crippen molar-refractivity contribution < 1.29 is 4.79 Å². The van der Waals surface area contributed by atoms with E-state index in [1.54, 1.807) is 19.4 Å². The van der Waals surface area contributed by atoms with Gasteiger partial charge >= 0.3 is 0 Å². The lowest BCUT2D eigenvalue weighted by atomic mass is 10.2. The molecule has 1 atom stereocenters. The third-order valence-corrected chi connectivity index (χ3v) is 3.96. The number of nitrogens with zero attached hydrogens (tertiary/aromatic N) is 4. The molecule has 1 fully saturated rings. The second-order valence-electron chi connectivity index (χ2n) is 6.06. The van der Waals surface area contributed by atoms with Gasteiger partial charge in [0.15, 0.2) is 0 Å². The fourth-order valence-electron chi connectivity index (χ4n) is 2.53. The Morgan fingerprint density at radius 1 is 1.23 bits per heavy atom. The summed E-state index contributed by atoms with van der Waals surface area (Å²) in [4.78, 5) is 32.3. The van der Waals surface area contributed by atoms with Gasteiger partial charge in [-0.2, -0.15) is 0 Å². The summed E-state index contributed by atoms with van der Waals surface area (Å²) in [6.07, 6.45) is 1.54. The van der Waals surface area contributed by atoms with Gasteiger partial charge < -0.3 is 14.8 Å². The number of hydrogen-bond acceptors (Lipinski definition) is 5. The zero-order valence-electron chi connectivity index (χ0n) is 13.7. The first-order chi connectivity index (χ1) is 10.4. The molecule has 7 heteroatoms. The summed E-state index contributed by atoms with van der Waals surface area (Å²) in [6, 6.07) is 1.58. The molecular formula is C15H25N5O2. The number of rotatable bonds is 4. The van der Waals surface area contributed by atoms with Crippen molar-refractivity contribution in [3.8, 4) is 0 Å². The normalized spacial score (nSPS) is 17.6. The number of nitrogens with one attached hydrogen (secondary N) is 1. The van der Waals surface area contributed by atoms with E-state index < -0.39 is 0 Å². The molecule has 1 amide bonds. The van der Waals surface area contributed by atoms with Crippen molar-refractivity contribution in [2.24, 2.45) is 7.05 Å². The van der Waals surface area contributed by atoms with Gasteiger partial charge in [-0.05, 0) is 20.8 Å². The van der Waals surface area contributed by atoms with E-state index in [0.717, 1.165) is 26.2 Å². The van der Waals surface area contributed by atoms with Crippen LogP contribution in [-0.4, -0.2) is 58.6 Å². The highest BCUT2D eigenvalue weighted by atomic mass is 16.2. The third-order valence-electron chi connectivity index (χ3n) is 3.96. The smallest absolute Gasteiger partial charge is 0.255 e. The Bertz CT molecular complexity index is 576. The van der Waals surface area contributed by atoms with Crippen LogP contribution in [0.3, 0.4) is 0 Å². The van der Waals surface area contributed by atoms with Crippen LogP contribution < -0.4 is 15.8 Å². The molecule has 7 nitrogen and oxygen atoms in total. The van der Waals surface area contributed by atoms with Gasteiger partial charge in [0.1, 0.15) is 5.82 Å². The second kappa shape index (κ2) is 6.91. The highest BCUT2D eigenvalue weighted by molar-refractivity contribution is 5.81. The topological polar surface area (TPSA) is 70.5 Å². The molecule has 1 aromatic heterocycles. The van der Waals surface area contributed by atoms with Crippen molar-refractivity contribution in [2.75, 3.05) is 31.1 Å². The van der Waals surface area contributed by atoms with Crippen molar-refractivity contribution in [3.05, 3.63) is 22.7 Å². The number of hydrogen-bond donors (Lipinski definition) is 1. The van der Waals surface area contributed by atoms with Gasteiger partial charge in [0.05, 0.1) is 12.4 Å². The minimum atomic E-state index is -0.138. The van der Waals surface area contributed by atoms with E-state index in [-0.39, 0.29) is 23.6 Å². The molecule has 1 saturated heterocycles. The van der Waals surface area contributed by atoms with Gasteiger partial charge in [-0.1, -0.05) is 0 Å². The van der Waals surface area contributed by atoms with Crippen molar-refractivity contribution in [1.29, 1.82) is 0 Å². The number of aryl methyl sites for hydroxylation is 1. The SMILES string of the molecule is CC(C)NC(=O)C(C)N1CCN(c2cc(=O)n(C)cn2)CC1. The predicted octanol–water partition coefficient (Wildman–Crippen LogP) is -0.185. The number of anilines is 1. The maximum atomic E-state index is 12.1. The van der Waals surface area contributed by atoms with E-state index in [0.29, 0.717) is 5.82 Å². The molecule has 1 N–H and O–H groups in total. The van der Waals surface area contributed by atoms with Crippen LogP contribution >= 0.6 is 0 Å². The van der Waals surface area contributed by atoms with Gasteiger partial charge in [0.2, 0.25) is 5.91 Å². The van der Waals surface area contributed by atoms with Gasteiger partial charge in [-0.3, -0.25) is 14.5 Å². The molecule has 0 radical (unpaired) electrons. The maximum absolute atomic E-state index is 12.1. The van der Waals surface area contributed by atoms with Crippen LogP contribution in [0, 0.1) is 0 Å². The molecule has 0 spiro atoms. The van der Waals surface area contributed by atoms with Gasteiger partial charge in [-0.25, -0.2) is 4.98 Å². The van der Waals surface area contributed by atoms with Crippen LogP contribution in [0.2, 0.25) is 0 Å². The van der Waals surface area contributed by atoms with Crippen LogP contribution in [0.25, 0.3) is 0 Å². The van der Waals surface area contributed by atoms with E-state index in [1.165, 1.54) is 4.57 Å². The zero-order valence-corrected chi connectivity index (χ0v) is 13.7. The molecule has 22 heavy (non-hydrogen) atoms. The first kappa shape index (κ1) is 16.5. The number of aromatic nitrogens is 2. The molecule has 2 heterocycles. The third kappa shape index (κ3) is 3.85. The maximum Gasteiger partial charge on any atom is 0.255 e. The summed E-state index contributed by atoms with van der Waals surface area (Å²) < 4.78 is 1.46. The molecule has 1 aliphatic heterocycles. The minimum Gasteiger partial charge on any atom is -0.354 e. The lowest BCUT2D eigenvalue weighted by Crippen LogP contribution is -2.54. The molecular weight excluding hydrogens is 282 g/mol. The highest BCUT2D eigenvalue weighted by Gasteiger charge is 2.26. The summed E-state index contributed by atoms with van der Waals surface area (Å²) in [5.41, 5.74) is -0.0582. The average Bonchev–Trinajstić information content (AvgIpc) is 2.49. The van der Waals surface area contributed by atoms with Gasteiger partial charge in [0, 0.05) is 45.3 Å². The predicted molar refractivity (Wildman–Crippen MR) is 86.0 cm³/mol. The van der Waals surface area contributed by atoms with Gasteiger partial charge in [0.25, 0.3) is 5.56 Å². The molecule has 0 bridgehead atoms. The number of piperazine rings is 1. The molecule has 0 saturated carbocycles. The molecule has 122 valence electrons. The highest BCUT2D eigenvalue weighted by Crippen LogP contribution is 2.13. The van der Waals surface area contributed by atoms with E-state index in [1.807, 2.05) is 20.8 Å². The summed E-state index contributed by atoms with van der Waals surface area (Å²) in [5.74, 6) is 0.775. The summed E-state index contributed by atoms with van der Waals surface area (Å²) in [5, 5.41) is 2.95. The fraction of sp³-hybridized carbons (Fsp3) is 0.667. The Morgan fingerprint density at radius 2 is 1.86 bits per heavy atom. The zero-order chi connectivity index (χ0) is 16.3. The van der Waals surface area contributed by atoms with Crippen molar-refractivity contribution in [3.63, 3.8) is 0 Å². The Balaban J connectivity index is 1.93. The van der Waals surface area contributed by atoms with Crippen LogP contribution in [0.5, 0.6) is 0 Å². The van der Waals surface area contributed by atoms with E-state index >= 15 is 0 Å². The lowest BCUT2D eigenvalue weighted by molar-refractivity contribution is -0.126. The Labute approximate surface area is 130 Å². The molecule has 0 aliphatic carbocycles. The monoisotopic (exact) mass is 307 g/mol. The second-order valence-corrected chi connectivity index (χ2v) is 6.06. The summed E-state index contributed by atoms with van der Waals surface area (Å²) in [6.45, 7) is 8.95. The first-order valence-electron chi connectivity index (χ1n) is 7.70. The largest absolute Gasteiger partial charge is 0.354 e. The van der Waals surface area contributed by atoms with E-state index in [4.69, 9.17) is 0 Å². The standard InChI is InChI=1S/C15H25N5O2/c1-11(2)17-15(22)12(3)19-5-7-20(8-6-19)13-9-14(21)18(4)10-16-13/h9-12H,5-8H2,1-4H3,(H,17,22). The first-order valence-corrected chi connectivity index (χ1v) is 7.70. The molecule has 1 unspecified atom stereocenters. The van der Waals surface area contributed by atoms with Crippen molar-refractivity contribution in [2.45, 2.75) is 32.9 Å². The van der Waals surface area contributed by atoms with Gasteiger partial charge in [-0.15, -0.1) is 0 Å². The van der Waals surface area contributed by atoms with Crippen LogP contribution in [0.15, 0.2) is 17.2 Å². The summed E-state index contributed by atoms with van der Waals surface area (Å²) in [7, 11) is 1.69. The molecule has 2 rings (SSSR count). The number of amides is 1. The molecule has 1 aliphatic rings. The summed E-state index contributed by atoms with van der Waals surface area (Å²) >= 11 is 0. The van der Waals surface area contributed by atoms with Crippen LogP contribution in [-0.2, 0) is 11.8 Å². The molecule has 1 aromatic rings. The van der Waals surface area contributed by atoms with E-state index in [9.17, 15) is 9.59 Å². The van der Waals surface area contributed by atoms with Crippen LogP contribution in [0.4, 0.5) is 5.82 Å². The Hall–Kier alpha value is -1.89. The minimum absolute atomic E-state index is 0.0582. The molecule has 0 aromatic carbocycles. The quantitative estimate of drug-likeness (QED) is 0.835. The fourth-order valence-corrected chi connectivity index (χ4v) is 2.53. The lowest BCUT2D eigenvalue weighted by Gasteiger charge is -2.38. The van der Waals surface area contributed by atoms with Crippen molar-refractivity contribution >= 4 is 11.7 Å². The number of carbonyl (C=O) groups is 1. The average molecular weight is 307 g/mol. The number of carbonyl (C=O) groups excluding carboxylic acids is 1. The van der Waals surface area contributed by atoms with Crippen LogP contribution in [0.1, 0.15) is 20.8 Å².